The molecule has 8 heteroatoms. The number of para-hydroxylation sites is 2. The predicted octanol–water partition coefficient (Wildman–Crippen LogP) is 1.97. The van der Waals surface area contributed by atoms with Crippen LogP contribution in [0, 0.1) is 5.41 Å². The number of benzene rings is 1. The molecular formula is C19H25N5O3. The molecule has 4 rings (SSSR count). The average Bonchev–Trinajstić information content (AvgIpc) is 3.19. The van der Waals surface area contributed by atoms with Gasteiger partial charge in [0.05, 0.1) is 13.1 Å². The first kappa shape index (κ1) is 17.8. The first-order valence-electron chi connectivity index (χ1n) is 9.58. The van der Waals surface area contributed by atoms with E-state index in [9.17, 15) is 4.79 Å². The van der Waals surface area contributed by atoms with Gasteiger partial charge in [0.15, 0.2) is 11.5 Å². The van der Waals surface area contributed by atoms with Crippen LogP contribution >= 0.6 is 0 Å². The summed E-state index contributed by atoms with van der Waals surface area (Å²) in [6.07, 6.45) is 7.50. The molecule has 8 nitrogen and oxygen atoms in total. The van der Waals surface area contributed by atoms with E-state index in [0.29, 0.717) is 26.1 Å². The summed E-state index contributed by atoms with van der Waals surface area (Å²) in [5, 5.41) is 14.5. The maximum atomic E-state index is 12.7. The lowest BCUT2D eigenvalue weighted by atomic mass is 9.71. The van der Waals surface area contributed by atoms with Gasteiger partial charge in [0, 0.05) is 6.42 Å². The predicted molar refractivity (Wildman–Crippen MR) is 97.3 cm³/mol. The van der Waals surface area contributed by atoms with Crippen LogP contribution in [0.1, 0.15) is 38.5 Å². The lowest BCUT2D eigenvalue weighted by molar-refractivity contribution is -0.124. The molecule has 1 aliphatic heterocycles. The Bertz CT molecular complexity index is 758. The van der Waals surface area contributed by atoms with E-state index in [0.717, 1.165) is 37.2 Å². The second kappa shape index (κ2) is 7.94. The molecule has 2 heterocycles. The third kappa shape index (κ3) is 4.37. The van der Waals surface area contributed by atoms with Gasteiger partial charge < -0.3 is 14.8 Å². The highest BCUT2D eigenvalue weighted by molar-refractivity contribution is 5.76. The highest BCUT2D eigenvalue weighted by Gasteiger charge is 2.35. The molecule has 0 spiro atoms. The molecule has 1 unspecified atom stereocenters. The molecule has 2 aromatic rings. The minimum atomic E-state index is -0.175. The molecule has 144 valence electrons. The molecule has 1 aliphatic carbocycles. The Morgan fingerprint density at radius 2 is 2.04 bits per heavy atom. The van der Waals surface area contributed by atoms with Crippen molar-refractivity contribution in [2.45, 2.75) is 51.2 Å². The Balaban J connectivity index is 1.32. The molecule has 0 radical (unpaired) electrons. The fourth-order valence-electron chi connectivity index (χ4n) is 4.08. The van der Waals surface area contributed by atoms with Gasteiger partial charge in [-0.15, -0.1) is 5.10 Å². The number of nitrogens with one attached hydrogen (secondary N) is 1. The quantitative estimate of drug-likeness (QED) is 0.835. The van der Waals surface area contributed by atoms with Crippen LogP contribution in [-0.4, -0.2) is 45.4 Å². The number of aromatic nitrogens is 4. The van der Waals surface area contributed by atoms with Crippen LogP contribution in [0.4, 0.5) is 0 Å². The molecule has 1 fully saturated rings. The van der Waals surface area contributed by atoms with Gasteiger partial charge in [-0.1, -0.05) is 31.4 Å². The largest absolute Gasteiger partial charge is 0.486 e. The van der Waals surface area contributed by atoms with E-state index in [4.69, 9.17) is 9.47 Å². The Morgan fingerprint density at radius 3 is 2.81 bits per heavy atom. The molecule has 1 atom stereocenters. The van der Waals surface area contributed by atoms with Crippen molar-refractivity contribution in [3.05, 3.63) is 30.6 Å². The fraction of sp³-hybridized carbons (Fsp3) is 0.579. The van der Waals surface area contributed by atoms with E-state index < -0.39 is 0 Å². The maximum absolute atomic E-state index is 12.7. The summed E-state index contributed by atoms with van der Waals surface area (Å²) in [7, 11) is 0. The molecule has 0 bridgehead atoms. The summed E-state index contributed by atoms with van der Waals surface area (Å²) in [5.74, 6) is 1.53. The topological polar surface area (TPSA) is 91.2 Å². The number of rotatable bonds is 6. The number of ether oxygens (including phenoxy) is 2. The van der Waals surface area contributed by atoms with Gasteiger partial charge in [0.2, 0.25) is 5.91 Å². The van der Waals surface area contributed by atoms with Crippen LogP contribution in [-0.2, 0) is 11.3 Å². The Kier molecular flexibility index (Phi) is 5.22. The monoisotopic (exact) mass is 371 g/mol. The van der Waals surface area contributed by atoms with Crippen LogP contribution in [0.2, 0.25) is 0 Å². The minimum absolute atomic E-state index is 0.0485. The molecule has 2 aliphatic rings. The smallest absolute Gasteiger partial charge is 0.220 e. The van der Waals surface area contributed by atoms with Gasteiger partial charge in [0.25, 0.3) is 0 Å². The number of carbonyl (C=O) groups is 1. The Hall–Kier alpha value is -2.64. The van der Waals surface area contributed by atoms with Crippen molar-refractivity contribution in [1.82, 2.24) is 25.5 Å². The van der Waals surface area contributed by atoms with E-state index in [1.165, 1.54) is 6.42 Å². The summed E-state index contributed by atoms with van der Waals surface area (Å²) < 4.78 is 13.4. The number of hydrogen-bond donors (Lipinski definition) is 1. The molecule has 27 heavy (non-hydrogen) atoms. The SMILES string of the molecule is O=C(CC1(Cn2cnnn2)CCCCC1)NCC1COc2ccccc2O1. The maximum Gasteiger partial charge on any atom is 0.220 e. The molecule has 1 aromatic carbocycles. The second-order valence-electron chi connectivity index (χ2n) is 7.55. The molecule has 1 amide bonds. The van der Waals surface area contributed by atoms with Gasteiger partial charge in [-0.2, -0.15) is 0 Å². The van der Waals surface area contributed by atoms with Crippen molar-refractivity contribution in [2.24, 2.45) is 5.41 Å². The highest BCUT2D eigenvalue weighted by Crippen LogP contribution is 2.40. The minimum Gasteiger partial charge on any atom is -0.486 e. The van der Waals surface area contributed by atoms with Gasteiger partial charge >= 0.3 is 0 Å². The van der Waals surface area contributed by atoms with Gasteiger partial charge in [0.1, 0.15) is 19.0 Å². The van der Waals surface area contributed by atoms with Crippen LogP contribution in [0.5, 0.6) is 11.5 Å². The van der Waals surface area contributed by atoms with Gasteiger partial charge in [-0.25, -0.2) is 4.68 Å². The zero-order chi connectivity index (χ0) is 18.5. The summed E-state index contributed by atoms with van der Waals surface area (Å²) in [5.41, 5.74) is -0.0752. The number of carbonyl (C=O) groups excluding carboxylic acids is 1. The second-order valence-corrected chi connectivity index (χ2v) is 7.55. The number of tetrazole rings is 1. The van der Waals surface area contributed by atoms with Crippen molar-refractivity contribution in [3.63, 3.8) is 0 Å². The van der Waals surface area contributed by atoms with Crippen LogP contribution < -0.4 is 14.8 Å². The van der Waals surface area contributed by atoms with Gasteiger partial charge in [-0.05, 0) is 40.8 Å². The zero-order valence-corrected chi connectivity index (χ0v) is 15.3. The normalized spacial score (nSPS) is 20.8. The standard InChI is InChI=1S/C19H25N5O3/c25-18(20-11-15-12-26-16-6-2-3-7-17(16)27-15)10-19(8-4-1-5-9-19)13-24-14-21-22-23-24/h2-3,6-7,14-15H,1,4-5,8-13H2,(H,20,25). The van der Waals surface area contributed by atoms with Crippen molar-refractivity contribution < 1.29 is 14.3 Å². The average molecular weight is 371 g/mol. The van der Waals surface area contributed by atoms with E-state index in [1.807, 2.05) is 24.3 Å². The first-order valence-corrected chi connectivity index (χ1v) is 9.58. The van der Waals surface area contributed by atoms with E-state index in [1.54, 1.807) is 11.0 Å². The molecule has 1 aromatic heterocycles. The molecule has 1 saturated carbocycles. The molecule has 0 saturated heterocycles. The summed E-state index contributed by atoms with van der Waals surface area (Å²) in [6.45, 7) is 1.56. The van der Waals surface area contributed by atoms with E-state index in [-0.39, 0.29) is 17.4 Å². The van der Waals surface area contributed by atoms with Crippen LogP contribution in [0.15, 0.2) is 30.6 Å². The number of hydrogen-bond acceptors (Lipinski definition) is 6. The van der Waals surface area contributed by atoms with E-state index in [2.05, 4.69) is 20.8 Å². The van der Waals surface area contributed by atoms with Crippen LogP contribution in [0.25, 0.3) is 0 Å². The third-order valence-corrected chi connectivity index (χ3v) is 5.43. The van der Waals surface area contributed by atoms with Crippen molar-refractivity contribution in [2.75, 3.05) is 13.2 Å². The van der Waals surface area contributed by atoms with Gasteiger partial charge in [-0.3, -0.25) is 4.79 Å². The lowest BCUT2D eigenvalue weighted by Crippen LogP contribution is -2.43. The number of fused-ring (bicyclic) bond motifs is 1. The molecular weight excluding hydrogens is 346 g/mol. The summed E-state index contributed by atoms with van der Waals surface area (Å²) >= 11 is 0. The van der Waals surface area contributed by atoms with Crippen LogP contribution in [0.3, 0.4) is 0 Å². The number of amides is 1. The van der Waals surface area contributed by atoms with Crippen molar-refractivity contribution in [1.29, 1.82) is 0 Å². The zero-order valence-electron chi connectivity index (χ0n) is 15.3. The fourth-order valence-corrected chi connectivity index (χ4v) is 4.08. The third-order valence-electron chi connectivity index (χ3n) is 5.43. The first-order chi connectivity index (χ1) is 13.2. The van der Waals surface area contributed by atoms with Crippen molar-refractivity contribution >= 4 is 5.91 Å². The Labute approximate surface area is 158 Å². The summed E-state index contributed by atoms with van der Waals surface area (Å²) in [6, 6.07) is 7.59. The lowest BCUT2D eigenvalue weighted by Gasteiger charge is -2.36. The molecule has 1 N–H and O–H groups in total. The number of nitrogens with zero attached hydrogens (tertiary/aromatic N) is 4. The van der Waals surface area contributed by atoms with Crippen molar-refractivity contribution in [3.8, 4) is 11.5 Å². The highest BCUT2D eigenvalue weighted by atomic mass is 16.6. The Morgan fingerprint density at radius 1 is 1.22 bits per heavy atom. The summed E-state index contributed by atoms with van der Waals surface area (Å²) in [4.78, 5) is 12.7. The van der Waals surface area contributed by atoms with E-state index >= 15 is 0 Å².